The van der Waals surface area contributed by atoms with E-state index in [2.05, 4.69) is 10.4 Å². The lowest BCUT2D eigenvalue weighted by Crippen LogP contribution is -2.30. The Labute approximate surface area is 117 Å². The molecule has 1 unspecified atom stereocenters. The van der Waals surface area contributed by atoms with Crippen LogP contribution < -0.4 is 10.1 Å². The first-order valence-electron chi connectivity index (χ1n) is 6.35. The molecule has 1 aromatic carbocycles. The summed E-state index contributed by atoms with van der Waals surface area (Å²) in [7, 11) is 1.95. The fourth-order valence-electron chi connectivity index (χ4n) is 2.34. The van der Waals surface area contributed by atoms with E-state index >= 15 is 0 Å². The van der Waals surface area contributed by atoms with Crippen molar-refractivity contribution in [2.24, 2.45) is 7.05 Å². The highest BCUT2D eigenvalue weighted by Gasteiger charge is 2.22. The van der Waals surface area contributed by atoms with Crippen molar-refractivity contribution in [1.29, 1.82) is 0 Å². The zero-order valence-electron chi connectivity index (χ0n) is 10.8. The highest BCUT2D eigenvalue weighted by atomic mass is 35.5. The van der Waals surface area contributed by atoms with Gasteiger partial charge in [0.2, 0.25) is 0 Å². The Morgan fingerprint density at radius 1 is 1.47 bits per heavy atom. The van der Waals surface area contributed by atoms with Crippen LogP contribution in [0.4, 0.5) is 0 Å². The zero-order chi connectivity index (χ0) is 13.2. The van der Waals surface area contributed by atoms with Gasteiger partial charge in [-0.2, -0.15) is 5.10 Å². The second-order valence-electron chi connectivity index (χ2n) is 4.77. The van der Waals surface area contributed by atoms with Gasteiger partial charge < -0.3 is 10.1 Å². The summed E-state index contributed by atoms with van der Waals surface area (Å²) in [5.41, 5.74) is 2.36. The van der Waals surface area contributed by atoms with Crippen LogP contribution >= 0.6 is 11.6 Å². The molecule has 1 atom stereocenters. The van der Waals surface area contributed by atoms with Gasteiger partial charge in [-0.05, 0) is 29.8 Å². The van der Waals surface area contributed by atoms with E-state index in [-0.39, 0.29) is 6.10 Å². The number of benzene rings is 1. The zero-order valence-corrected chi connectivity index (χ0v) is 11.5. The maximum absolute atomic E-state index is 5.98. The van der Waals surface area contributed by atoms with Crippen LogP contribution in [0.5, 0.6) is 5.75 Å². The Kier molecular flexibility index (Phi) is 3.44. The van der Waals surface area contributed by atoms with Gasteiger partial charge in [0.15, 0.2) is 0 Å². The molecule has 1 aromatic heterocycles. The second kappa shape index (κ2) is 5.23. The molecule has 0 amide bonds. The van der Waals surface area contributed by atoms with E-state index in [1.165, 1.54) is 11.3 Å². The molecule has 0 spiro atoms. The first-order valence-corrected chi connectivity index (χ1v) is 6.73. The van der Waals surface area contributed by atoms with Crippen molar-refractivity contribution in [3.63, 3.8) is 0 Å². The third kappa shape index (κ3) is 2.74. The highest BCUT2D eigenvalue weighted by Crippen LogP contribution is 2.30. The molecule has 3 rings (SSSR count). The van der Waals surface area contributed by atoms with Gasteiger partial charge in [-0.3, -0.25) is 4.68 Å². The summed E-state index contributed by atoms with van der Waals surface area (Å²) in [5.74, 6) is 0.955. The number of fused-ring (bicyclic) bond motifs is 1. The molecule has 2 heterocycles. The van der Waals surface area contributed by atoms with Crippen LogP contribution in [0.25, 0.3) is 0 Å². The van der Waals surface area contributed by atoms with Gasteiger partial charge in [0.25, 0.3) is 0 Å². The Hall–Kier alpha value is -1.52. The number of halogens is 1. The molecule has 19 heavy (non-hydrogen) atoms. The van der Waals surface area contributed by atoms with E-state index in [9.17, 15) is 0 Å². The lowest BCUT2D eigenvalue weighted by Gasteiger charge is -2.11. The first kappa shape index (κ1) is 12.5. The molecule has 1 aliphatic heterocycles. The molecule has 0 saturated heterocycles. The number of ether oxygens (including phenoxy) is 1. The normalized spacial score (nSPS) is 17.3. The molecule has 0 bridgehead atoms. The average molecular weight is 278 g/mol. The van der Waals surface area contributed by atoms with Gasteiger partial charge in [0.1, 0.15) is 11.9 Å². The van der Waals surface area contributed by atoms with E-state index < -0.39 is 0 Å². The van der Waals surface area contributed by atoms with Crippen molar-refractivity contribution in [2.45, 2.75) is 19.1 Å². The Bertz CT molecular complexity index is 582. The molecule has 5 heteroatoms. The van der Waals surface area contributed by atoms with Crippen molar-refractivity contribution < 1.29 is 4.74 Å². The van der Waals surface area contributed by atoms with Crippen LogP contribution in [0, 0.1) is 0 Å². The van der Waals surface area contributed by atoms with Gasteiger partial charge in [0, 0.05) is 37.8 Å². The SMILES string of the molecule is Cn1nccc1CNCC1Cc2cc(Cl)ccc2O1. The maximum atomic E-state index is 5.98. The van der Waals surface area contributed by atoms with Gasteiger partial charge in [-0.15, -0.1) is 0 Å². The van der Waals surface area contributed by atoms with Gasteiger partial charge in [-0.1, -0.05) is 11.6 Å². The van der Waals surface area contributed by atoms with Crippen LogP contribution in [0.1, 0.15) is 11.3 Å². The molecule has 0 fully saturated rings. The monoisotopic (exact) mass is 277 g/mol. The highest BCUT2D eigenvalue weighted by molar-refractivity contribution is 6.30. The molecule has 0 saturated carbocycles. The lowest BCUT2D eigenvalue weighted by atomic mass is 10.1. The molecule has 100 valence electrons. The van der Waals surface area contributed by atoms with Crippen LogP contribution in [0.15, 0.2) is 30.5 Å². The number of nitrogens with zero attached hydrogens (tertiary/aromatic N) is 2. The van der Waals surface area contributed by atoms with Crippen LogP contribution in [-0.2, 0) is 20.0 Å². The number of nitrogens with one attached hydrogen (secondary N) is 1. The Morgan fingerprint density at radius 2 is 2.37 bits per heavy atom. The van der Waals surface area contributed by atoms with Gasteiger partial charge in [0.05, 0.1) is 5.69 Å². The van der Waals surface area contributed by atoms with Gasteiger partial charge >= 0.3 is 0 Å². The third-order valence-corrected chi connectivity index (χ3v) is 3.60. The molecule has 0 aliphatic carbocycles. The summed E-state index contributed by atoms with van der Waals surface area (Å²) in [6.07, 6.45) is 2.90. The minimum absolute atomic E-state index is 0.182. The Balaban J connectivity index is 1.52. The summed E-state index contributed by atoms with van der Waals surface area (Å²) >= 11 is 5.98. The van der Waals surface area contributed by atoms with E-state index in [1.807, 2.05) is 36.0 Å². The molecule has 1 N–H and O–H groups in total. The molecule has 1 aliphatic rings. The standard InChI is InChI=1S/C14H16ClN3O/c1-18-12(4-5-17-18)8-16-9-13-7-10-6-11(15)2-3-14(10)19-13/h2-6,13,16H,7-9H2,1H3. The summed E-state index contributed by atoms with van der Waals surface area (Å²) < 4.78 is 7.74. The van der Waals surface area contributed by atoms with Gasteiger partial charge in [-0.25, -0.2) is 0 Å². The fourth-order valence-corrected chi connectivity index (χ4v) is 2.53. The molecule has 2 aromatic rings. The maximum Gasteiger partial charge on any atom is 0.123 e. The number of aryl methyl sites for hydroxylation is 1. The average Bonchev–Trinajstić information content (AvgIpc) is 2.95. The fraction of sp³-hybridized carbons (Fsp3) is 0.357. The molecule has 4 nitrogen and oxygen atoms in total. The Morgan fingerprint density at radius 3 is 3.16 bits per heavy atom. The predicted molar refractivity (Wildman–Crippen MR) is 74.5 cm³/mol. The minimum atomic E-state index is 0.182. The summed E-state index contributed by atoms with van der Waals surface area (Å²) in [4.78, 5) is 0. The van der Waals surface area contributed by atoms with Crippen molar-refractivity contribution in [1.82, 2.24) is 15.1 Å². The first-order chi connectivity index (χ1) is 9.22. The summed E-state index contributed by atoms with van der Waals surface area (Å²) in [5, 5.41) is 8.31. The smallest absolute Gasteiger partial charge is 0.123 e. The molecular weight excluding hydrogens is 262 g/mol. The quantitative estimate of drug-likeness (QED) is 0.931. The van der Waals surface area contributed by atoms with Crippen molar-refractivity contribution in [3.8, 4) is 5.75 Å². The van der Waals surface area contributed by atoms with Crippen molar-refractivity contribution in [2.75, 3.05) is 6.54 Å². The molecular formula is C14H16ClN3O. The van der Waals surface area contributed by atoms with Crippen molar-refractivity contribution in [3.05, 3.63) is 46.7 Å². The predicted octanol–water partition coefficient (Wildman–Crippen LogP) is 2.17. The van der Waals surface area contributed by atoms with Crippen molar-refractivity contribution >= 4 is 11.6 Å². The number of rotatable bonds is 4. The van der Waals surface area contributed by atoms with E-state index in [0.29, 0.717) is 0 Å². The molecule has 0 radical (unpaired) electrons. The van der Waals surface area contributed by atoms with Crippen LogP contribution in [0.3, 0.4) is 0 Å². The number of aromatic nitrogens is 2. The van der Waals surface area contributed by atoms with Crippen LogP contribution in [-0.4, -0.2) is 22.4 Å². The van der Waals surface area contributed by atoms with E-state index in [1.54, 1.807) is 6.20 Å². The largest absolute Gasteiger partial charge is 0.488 e. The van der Waals surface area contributed by atoms with E-state index in [0.717, 1.165) is 30.3 Å². The summed E-state index contributed by atoms with van der Waals surface area (Å²) in [6, 6.07) is 7.81. The second-order valence-corrected chi connectivity index (χ2v) is 5.21. The third-order valence-electron chi connectivity index (χ3n) is 3.36. The number of hydrogen-bond donors (Lipinski definition) is 1. The summed E-state index contributed by atoms with van der Waals surface area (Å²) in [6.45, 7) is 1.62. The van der Waals surface area contributed by atoms with E-state index in [4.69, 9.17) is 16.3 Å². The topological polar surface area (TPSA) is 39.1 Å². The lowest BCUT2D eigenvalue weighted by molar-refractivity contribution is 0.227. The van der Waals surface area contributed by atoms with Crippen LogP contribution in [0.2, 0.25) is 5.02 Å². The minimum Gasteiger partial charge on any atom is -0.488 e. The number of hydrogen-bond acceptors (Lipinski definition) is 3.